The second-order valence-electron chi connectivity index (χ2n) is 7.18. The van der Waals surface area contributed by atoms with E-state index >= 15 is 0 Å². The maximum atomic E-state index is 12.4. The van der Waals surface area contributed by atoms with Crippen LogP contribution in [0.2, 0.25) is 0 Å². The van der Waals surface area contributed by atoms with Crippen molar-refractivity contribution in [2.45, 2.75) is 55.9 Å². The zero-order valence-electron chi connectivity index (χ0n) is 17.2. The van der Waals surface area contributed by atoms with Gasteiger partial charge >= 0.3 is 0 Å². The molecule has 0 spiro atoms. The molecular weight excluding hydrogens is 420 g/mol. The summed E-state index contributed by atoms with van der Waals surface area (Å²) in [6, 6.07) is 7.04. The van der Waals surface area contributed by atoms with Gasteiger partial charge in [-0.05, 0) is 43.5 Å². The van der Waals surface area contributed by atoms with Gasteiger partial charge in [-0.1, -0.05) is 42.9 Å². The lowest BCUT2D eigenvalue weighted by molar-refractivity contribution is -0.116. The van der Waals surface area contributed by atoms with Crippen LogP contribution in [0.3, 0.4) is 0 Å². The molecule has 30 heavy (non-hydrogen) atoms. The van der Waals surface area contributed by atoms with Crippen LogP contribution in [-0.4, -0.2) is 46.9 Å². The van der Waals surface area contributed by atoms with Crippen LogP contribution >= 0.6 is 23.1 Å². The minimum absolute atomic E-state index is 0.0123. The second kappa shape index (κ2) is 12.0. The van der Waals surface area contributed by atoms with Crippen LogP contribution < -0.4 is 10.6 Å². The normalized spacial score (nSPS) is 15.8. The monoisotopic (exact) mass is 448 g/mol. The SMILES string of the molecule is CCCCCC(=O)Nc1ccc(C(=O)CSc2nnc(NCC3CCCO3)s2)cc1. The molecule has 162 valence electrons. The standard InChI is InChI=1S/C21H28N4O3S2/c1-2-3-4-7-19(27)23-16-10-8-15(9-11-16)18(26)14-29-21-25-24-20(30-21)22-13-17-6-5-12-28-17/h8-11,17H,2-7,12-14H2,1H3,(H,22,24)(H,23,27). The molecule has 1 aliphatic rings. The average Bonchev–Trinajstić information content (AvgIpc) is 3.43. The lowest BCUT2D eigenvalue weighted by Crippen LogP contribution is -2.18. The molecule has 1 aliphatic heterocycles. The minimum Gasteiger partial charge on any atom is -0.376 e. The fourth-order valence-electron chi connectivity index (χ4n) is 3.06. The number of carbonyl (C=O) groups is 2. The molecule has 0 bridgehead atoms. The molecule has 0 aliphatic carbocycles. The van der Waals surface area contributed by atoms with Gasteiger partial charge in [0.2, 0.25) is 11.0 Å². The molecule has 1 saturated heterocycles. The quantitative estimate of drug-likeness (QED) is 0.278. The Morgan fingerprint density at radius 1 is 1.23 bits per heavy atom. The smallest absolute Gasteiger partial charge is 0.224 e. The maximum absolute atomic E-state index is 12.4. The van der Waals surface area contributed by atoms with E-state index in [1.165, 1.54) is 23.1 Å². The number of unbranched alkanes of at least 4 members (excludes halogenated alkanes) is 2. The largest absolute Gasteiger partial charge is 0.376 e. The number of nitrogens with one attached hydrogen (secondary N) is 2. The summed E-state index contributed by atoms with van der Waals surface area (Å²) in [6.45, 7) is 3.68. The maximum Gasteiger partial charge on any atom is 0.224 e. The number of hydrogen-bond acceptors (Lipinski definition) is 8. The van der Waals surface area contributed by atoms with Gasteiger partial charge in [-0.15, -0.1) is 10.2 Å². The van der Waals surface area contributed by atoms with Crippen molar-refractivity contribution in [3.8, 4) is 0 Å². The Morgan fingerprint density at radius 2 is 2.07 bits per heavy atom. The van der Waals surface area contributed by atoms with E-state index in [0.717, 1.165) is 54.7 Å². The fraction of sp³-hybridized carbons (Fsp3) is 0.524. The lowest BCUT2D eigenvalue weighted by atomic mass is 10.1. The van der Waals surface area contributed by atoms with Crippen molar-refractivity contribution in [2.24, 2.45) is 0 Å². The molecular formula is C21H28N4O3S2. The number of carbonyl (C=O) groups excluding carboxylic acids is 2. The van der Waals surface area contributed by atoms with Gasteiger partial charge in [0, 0.05) is 30.8 Å². The van der Waals surface area contributed by atoms with E-state index in [4.69, 9.17) is 4.74 Å². The van der Waals surface area contributed by atoms with Crippen molar-refractivity contribution in [2.75, 3.05) is 29.5 Å². The number of aromatic nitrogens is 2. The van der Waals surface area contributed by atoms with E-state index in [9.17, 15) is 9.59 Å². The molecule has 1 aromatic carbocycles. The Kier molecular flexibility index (Phi) is 9.10. The van der Waals surface area contributed by atoms with Gasteiger partial charge in [-0.3, -0.25) is 9.59 Å². The van der Waals surface area contributed by atoms with Crippen LogP contribution in [0.15, 0.2) is 28.6 Å². The van der Waals surface area contributed by atoms with Crippen LogP contribution in [0.1, 0.15) is 55.8 Å². The first-order valence-electron chi connectivity index (χ1n) is 10.4. The number of ketones is 1. The molecule has 1 amide bonds. The van der Waals surface area contributed by atoms with Gasteiger partial charge in [0.05, 0.1) is 11.9 Å². The number of Topliss-reactive ketones (excluding diaryl/α,β-unsaturated/α-hetero) is 1. The number of benzene rings is 1. The molecule has 3 rings (SSSR count). The average molecular weight is 449 g/mol. The Bertz CT molecular complexity index is 820. The third-order valence-electron chi connectivity index (χ3n) is 4.74. The number of nitrogens with zero attached hydrogens (tertiary/aromatic N) is 2. The van der Waals surface area contributed by atoms with Gasteiger partial charge < -0.3 is 15.4 Å². The van der Waals surface area contributed by atoms with Crippen LogP contribution in [0.4, 0.5) is 10.8 Å². The third-order valence-corrected chi connectivity index (χ3v) is 6.75. The molecule has 1 atom stereocenters. The summed E-state index contributed by atoms with van der Waals surface area (Å²) in [4.78, 5) is 24.3. The summed E-state index contributed by atoms with van der Waals surface area (Å²) in [5.41, 5.74) is 1.33. The molecule has 7 nitrogen and oxygen atoms in total. The molecule has 1 aromatic heterocycles. The number of anilines is 2. The van der Waals surface area contributed by atoms with Crippen LogP contribution in [-0.2, 0) is 9.53 Å². The number of amides is 1. The molecule has 0 radical (unpaired) electrons. The van der Waals surface area contributed by atoms with Crippen LogP contribution in [0, 0.1) is 0 Å². The minimum atomic E-state index is 0.0123. The lowest BCUT2D eigenvalue weighted by Gasteiger charge is -2.08. The first kappa shape index (κ1) is 22.7. The molecule has 1 unspecified atom stereocenters. The first-order valence-corrected chi connectivity index (χ1v) is 12.2. The fourth-order valence-corrected chi connectivity index (χ4v) is 4.71. The predicted octanol–water partition coefficient (Wildman–Crippen LogP) is 4.62. The van der Waals surface area contributed by atoms with Gasteiger partial charge in [0.1, 0.15) is 0 Å². The Hall–Kier alpha value is -1.97. The van der Waals surface area contributed by atoms with Gasteiger partial charge in [-0.2, -0.15) is 0 Å². The predicted molar refractivity (Wildman–Crippen MR) is 122 cm³/mol. The van der Waals surface area contributed by atoms with Gasteiger partial charge in [0.25, 0.3) is 0 Å². The number of rotatable bonds is 12. The highest BCUT2D eigenvalue weighted by Gasteiger charge is 2.16. The Labute approximate surface area is 185 Å². The number of ether oxygens (including phenoxy) is 1. The molecule has 2 heterocycles. The molecule has 0 saturated carbocycles. The summed E-state index contributed by atoms with van der Waals surface area (Å²) in [5, 5.41) is 15.1. The van der Waals surface area contributed by atoms with Crippen LogP contribution in [0.5, 0.6) is 0 Å². The van der Waals surface area contributed by atoms with E-state index in [-0.39, 0.29) is 17.8 Å². The zero-order valence-corrected chi connectivity index (χ0v) is 18.8. The summed E-state index contributed by atoms with van der Waals surface area (Å²) < 4.78 is 6.34. The zero-order chi connectivity index (χ0) is 21.2. The van der Waals surface area contributed by atoms with E-state index in [0.29, 0.717) is 23.4 Å². The van der Waals surface area contributed by atoms with Crippen molar-refractivity contribution in [1.29, 1.82) is 0 Å². The van der Waals surface area contributed by atoms with Gasteiger partial charge in [0.15, 0.2) is 10.1 Å². The summed E-state index contributed by atoms with van der Waals surface area (Å²) in [5.74, 6) is 0.325. The molecule has 2 N–H and O–H groups in total. The summed E-state index contributed by atoms with van der Waals surface area (Å²) in [6.07, 6.45) is 5.99. The van der Waals surface area contributed by atoms with Crippen molar-refractivity contribution in [3.63, 3.8) is 0 Å². The topological polar surface area (TPSA) is 93.2 Å². The third kappa shape index (κ3) is 7.37. The summed E-state index contributed by atoms with van der Waals surface area (Å²) >= 11 is 2.83. The van der Waals surface area contributed by atoms with Crippen molar-refractivity contribution < 1.29 is 14.3 Å². The van der Waals surface area contributed by atoms with Crippen molar-refractivity contribution in [1.82, 2.24) is 10.2 Å². The second-order valence-corrected chi connectivity index (χ2v) is 9.38. The molecule has 1 fully saturated rings. The van der Waals surface area contributed by atoms with Crippen molar-refractivity contribution >= 4 is 45.6 Å². The van der Waals surface area contributed by atoms with E-state index in [1.54, 1.807) is 24.3 Å². The molecule has 9 heteroatoms. The Morgan fingerprint density at radius 3 is 2.80 bits per heavy atom. The first-order chi connectivity index (χ1) is 14.6. The van der Waals surface area contributed by atoms with Crippen molar-refractivity contribution in [3.05, 3.63) is 29.8 Å². The number of hydrogen-bond donors (Lipinski definition) is 2. The van der Waals surface area contributed by atoms with E-state index in [2.05, 4.69) is 27.8 Å². The van der Waals surface area contributed by atoms with Crippen LogP contribution in [0.25, 0.3) is 0 Å². The highest BCUT2D eigenvalue weighted by Crippen LogP contribution is 2.26. The number of thioether (sulfide) groups is 1. The Balaban J connectivity index is 1.40. The summed E-state index contributed by atoms with van der Waals surface area (Å²) in [7, 11) is 0. The molecule has 2 aromatic rings. The highest BCUT2D eigenvalue weighted by atomic mass is 32.2. The van der Waals surface area contributed by atoms with E-state index in [1.807, 2.05) is 0 Å². The van der Waals surface area contributed by atoms with E-state index < -0.39 is 0 Å². The van der Waals surface area contributed by atoms with Gasteiger partial charge in [-0.25, -0.2) is 0 Å². The highest BCUT2D eigenvalue weighted by molar-refractivity contribution is 8.01.